The lowest BCUT2D eigenvalue weighted by Gasteiger charge is -2.16. The molecule has 84 valence electrons. The van der Waals surface area contributed by atoms with Gasteiger partial charge in [0.1, 0.15) is 5.52 Å². The van der Waals surface area contributed by atoms with Gasteiger partial charge in [-0.1, -0.05) is 6.07 Å². The van der Waals surface area contributed by atoms with Gasteiger partial charge < -0.3 is 9.73 Å². The van der Waals surface area contributed by atoms with Crippen LogP contribution in [0.2, 0.25) is 0 Å². The molecule has 1 aliphatic heterocycles. The lowest BCUT2D eigenvalue weighted by Crippen LogP contribution is -2.25. The van der Waals surface area contributed by atoms with Gasteiger partial charge in [-0.25, -0.2) is 4.98 Å². The number of oxazole rings is 1. The minimum atomic E-state index is 0.0624. The number of nitrogens with one attached hydrogen (secondary N) is 1. The summed E-state index contributed by atoms with van der Waals surface area (Å²) in [6.07, 6.45) is 1.10. The van der Waals surface area contributed by atoms with E-state index in [1.54, 1.807) is 0 Å². The summed E-state index contributed by atoms with van der Waals surface area (Å²) in [6.45, 7) is 6.30. The fourth-order valence-corrected chi connectivity index (χ4v) is 2.30. The number of hydrogen-bond acceptors (Lipinski definition) is 3. The zero-order valence-corrected chi connectivity index (χ0v) is 9.71. The Morgan fingerprint density at radius 3 is 3.06 bits per heavy atom. The van der Waals surface area contributed by atoms with Crippen LogP contribution in [0.3, 0.4) is 0 Å². The number of fused-ring (bicyclic) bond motifs is 1. The predicted molar refractivity (Wildman–Crippen MR) is 63.6 cm³/mol. The molecule has 2 heterocycles. The summed E-state index contributed by atoms with van der Waals surface area (Å²) in [4.78, 5) is 4.62. The molecule has 1 aromatic carbocycles. The molecule has 3 heteroatoms. The lowest BCUT2D eigenvalue weighted by molar-refractivity contribution is 0.382. The van der Waals surface area contributed by atoms with Crippen LogP contribution in [-0.4, -0.2) is 18.1 Å². The Balaban J connectivity index is 2.11. The zero-order valence-electron chi connectivity index (χ0n) is 9.71. The summed E-state index contributed by atoms with van der Waals surface area (Å²) < 4.78 is 5.86. The van der Waals surface area contributed by atoms with E-state index in [0.29, 0.717) is 0 Å². The van der Waals surface area contributed by atoms with Crippen LogP contribution < -0.4 is 5.32 Å². The Morgan fingerprint density at radius 1 is 1.44 bits per heavy atom. The second-order valence-corrected chi connectivity index (χ2v) is 4.98. The van der Waals surface area contributed by atoms with Crippen LogP contribution in [0, 0.1) is 6.92 Å². The van der Waals surface area contributed by atoms with Crippen molar-refractivity contribution in [2.45, 2.75) is 25.7 Å². The molecule has 3 nitrogen and oxygen atoms in total. The van der Waals surface area contributed by atoms with Gasteiger partial charge in [0.25, 0.3) is 0 Å². The van der Waals surface area contributed by atoms with Gasteiger partial charge in [0.05, 0.1) is 5.41 Å². The highest BCUT2D eigenvalue weighted by atomic mass is 16.3. The van der Waals surface area contributed by atoms with Gasteiger partial charge in [-0.3, -0.25) is 0 Å². The second-order valence-electron chi connectivity index (χ2n) is 4.98. The van der Waals surface area contributed by atoms with Crippen molar-refractivity contribution in [3.05, 3.63) is 29.7 Å². The van der Waals surface area contributed by atoms with Crippen LogP contribution in [0.4, 0.5) is 0 Å². The van der Waals surface area contributed by atoms with Gasteiger partial charge in [-0.15, -0.1) is 0 Å². The largest absolute Gasteiger partial charge is 0.440 e. The van der Waals surface area contributed by atoms with Crippen LogP contribution in [0.5, 0.6) is 0 Å². The Hall–Kier alpha value is -1.35. The van der Waals surface area contributed by atoms with Gasteiger partial charge in [-0.05, 0) is 44.5 Å². The summed E-state index contributed by atoms with van der Waals surface area (Å²) in [6, 6.07) is 6.15. The van der Waals surface area contributed by atoms with Crippen LogP contribution in [0.1, 0.15) is 24.8 Å². The molecule has 0 spiro atoms. The molecule has 16 heavy (non-hydrogen) atoms. The molecule has 1 atom stereocenters. The molecule has 1 unspecified atom stereocenters. The van der Waals surface area contributed by atoms with Gasteiger partial charge in [0, 0.05) is 6.54 Å². The first kappa shape index (κ1) is 9.85. The molecule has 0 bridgehead atoms. The normalized spacial score (nSPS) is 25.4. The van der Waals surface area contributed by atoms with E-state index in [-0.39, 0.29) is 5.41 Å². The van der Waals surface area contributed by atoms with E-state index in [9.17, 15) is 0 Å². The van der Waals surface area contributed by atoms with Crippen LogP contribution >= 0.6 is 0 Å². The smallest absolute Gasteiger partial charge is 0.202 e. The molecule has 0 aliphatic carbocycles. The Bertz CT molecular complexity index is 524. The Labute approximate surface area is 94.9 Å². The maximum absolute atomic E-state index is 5.86. The van der Waals surface area contributed by atoms with E-state index in [2.05, 4.69) is 36.3 Å². The topological polar surface area (TPSA) is 38.1 Å². The molecule has 1 saturated heterocycles. The van der Waals surface area contributed by atoms with E-state index in [4.69, 9.17) is 4.42 Å². The van der Waals surface area contributed by atoms with Gasteiger partial charge >= 0.3 is 0 Å². The maximum atomic E-state index is 5.86. The fourth-order valence-electron chi connectivity index (χ4n) is 2.30. The predicted octanol–water partition coefficient (Wildman–Crippen LogP) is 2.39. The minimum Gasteiger partial charge on any atom is -0.440 e. The highest BCUT2D eigenvalue weighted by Crippen LogP contribution is 2.31. The van der Waals surface area contributed by atoms with Crippen molar-refractivity contribution in [3.63, 3.8) is 0 Å². The molecule has 2 aromatic rings. The van der Waals surface area contributed by atoms with Crippen molar-refractivity contribution in [3.8, 4) is 0 Å². The minimum absolute atomic E-state index is 0.0624. The SMILES string of the molecule is Cc1ccc2oc(C3(C)CCNC3)nc2c1. The highest BCUT2D eigenvalue weighted by molar-refractivity contribution is 5.73. The van der Waals surface area contributed by atoms with Crippen molar-refractivity contribution in [2.75, 3.05) is 13.1 Å². The Morgan fingerprint density at radius 2 is 2.31 bits per heavy atom. The molecule has 0 radical (unpaired) electrons. The average molecular weight is 216 g/mol. The number of hydrogen-bond donors (Lipinski definition) is 1. The van der Waals surface area contributed by atoms with Gasteiger partial charge in [0.2, 0.25) is 5.89 Å². The fraction of sp³-hybridized carbons (Fsp3) is 0.462. The van der Waals surface area contributed by atoms with Crippen molar-refractivity contribution in [1.29, 1.82) is 0 Å². The molecular formula is C13H16N2O. The molecular weight excluding hydrogens is 200 g/mol. The van der Waals surface area contributed by atoms with Gasteiger partial charge in [-0.2, -0.15) is 0 Å². The van der Waals surface area contributed by atoms with E-state index in [0.717, 1.165) is 36.5 Å². The van der Waals surface area contributed by atoms with E-state index >= 15 is 0 Å². The van der Waals surface area contributed by atoms with Crippen LogP contribution in [0.25, 0.3) is 11.1 Å². The third-order valence-corrected chi connectivity index (χ3v) is 3.43. The summed E-state index contributed by atoms with van der Waals surface area (Å²) in [5.74, 6) is 0.873. The summed E-state index contributed by atoms with van der Waals surface area (Å²) in [7, 11) is 0. The first-order chi connectivity index (χ1) is 7.67. The number of aromatic nitrogens is 1. The highest BCUT2D eigenvalue weighted by Gasteiger charge is 2.35. The average Bonchev–Trinajstić information content (AvgIpc) is 2.84. The van der Waals surface area contributed by atoms with Crippen molar-refractivity contribution < 1.29 is 4.42 Å². The summed E-state index contributed by atoms with van der Waals surface area (Å²) >= 11 is 0. The number of benzene rings is 1. The summed E-state index contributed by atoms with van der Waals surface area (Å²) in [5, 5.41) is 3.37. The maximum Gasteiger partial charge on any atom is 0.202 e. The molecule has 0 amide bonds. The van der Waals surface area contributed by atoms with Crippen molar-refractivity contribution >= 4 is 11.1 Å². The number of rotatable bonds is 1. The molecule has 1 N–H and O–H groups in total. The number of aryl methyl sites for hydroxylation is 1. The van der Waals surface area contributed by atoms with Crippen molar-refractivity contribution in [1.82, 2.24) is 10.3 Å². The summed E-state index contributed by atoms with van der Waals surface area (Å²) in [5.41, 5.74) is 3.16. The third-order valence-electron chi connectivity index (χ3n) is 3.43. The number of nitrogens with zero attached hydrogens (tertiary/aromatic N) is 1. The third kappa shape index (κ3) is 1.43. The van der Waals surface area contributed by atoms with E-state index in [1.807, 2.05) is 6.07 Å². The standard InChI is InChI=1S/C13H16N2O/c1-9-3-4-11-10(7-9)15-12(16-11)13(2)5-6-14-8-13/h3-4,7,14H,5-6,8H2,1-2H3. The van der Waals surface area contributed by atoms with Gasteiger partial charge in [0.15, 0.2) is 5.58 Å². The quantitative estimate of drug-likeness (QED) is 0.795. The first-order valence-electron chi connectivity index (χ1n) is 5.76. The van der Waals surface area contributed by atoms with E-state index < -0.39 is 0 Å². The zero-order chi connectivity index (χ0) is 11.2. The van der Waals surface area contributed by atoms with Crippen molar-refractivity contribution in [2.24, 2.45) is 0 Å². The molecule has 1 aromatic heterocycles. The second kappa shape index (κ2) is 3.32. The van der Waals surface area contributed by atoms with Crippen LogP contribution in [-0.2, 0) is 5.41 Å². The lowest BCUT2D eigenvalue weighted by atomic mass is 9.90. The molecule has 1 aliphatic rings. The first-order valence-corrected chi connectivity index (χ1v) is 5.76. The molecule has 3 rings (SSSR count). The Kier molecular flexibility index (Phi) is 2.04. The molecule has 1 fully saturated rings. The van der Waals surface area contributed by atoms with Crippen LogP contribution in [0.15, 0.2) is 22.6 Å². The molecule has 0 saturated carbocycles. The monoisotopic (exact) mass is 216 g/mol. The van der Waals surface area contributed by atoms with E-state index in [1.165, 1.54) is 5.56 Å².